The predicted molar refractivity (Wildman–Crippen MR) is 105 cm³/mol. The Labute approximate surface area is 152 Å². The van der Waals surface area contributed by atoms with Gasteiger partial charge in [0.15, 0.2) is 5.82 Å². The largest absolute Gasteiger partial charge is 0.493 e. The van der Waals surface area contributed by atoms with Crippen molar-refractivity contribution in [2.45, 2.75) is 65.7 Å². The smallest absolute Gasteiger partial charge is 0.159 e. The van der Waals surface area contributed by atoms with Crippen LogP contribution in [0.4, 0.5) is 0 Å². The molecule has 0 aliphatic carbocycles. The monoisotopic (exact) mass is 340 g/mol. The van der Waals surface area contributed by atoms with Crippen molar-refractivity contribution >= 4 is 0 Å². The first-order valence-electron chi connectivity index (χ1n) is 9.77. The van der Waals surface area contributed by atoms with Crippen LogP contribution in [0, 0.1) is 5.92 Å². The number of aryl methyl sites for hydroxylation is 1. The minimum Gasteiger partial charge on any atom is -0.493 e. The van der Waals surface area contributed by atoms with E-state index in [1.165, 1.54) is 37.7 Å². The molecule has 1 unspecified atom stereocenters. The molecule has 0 bridgehead atoms. The van der Waals surface area contributed by atoms with Crippen LogP contribution in [0.15, 0.2) is 36.7 Å². The maximum Gasteiger partial charge on any atom is 0.159 e. The molecule has 0 saturated heterocycles. The highest BCUT2D eigenvalue weighted by Gasteiger charge is 2.04. The van der Waals surface area contributed by atoms with Gasteiger partial charge in [-0.1, -0.05) is 52.9 Å². The van der Waals surface area contributed by atoms with Crippen molar-refractivity contribution in [2.24, 2.45) is 5.92 Å². The maximum atomic E-state index is 5.80. The van der Waals surface area contributed by atoms with Gasteiger partial charge in [-0.25, -0.2) is 9.97 Å². The highest BCUT2D eigenvalue weighted by Crippen LogP contribution is 2.20. The predicted octanol–water partition coefficient (Wildman–Crippen LogP) is 6.08. The van der Waals surface area contributed by atoms with Gasteiger partial charge in [0.05, 0.1) is 6.61 Å². The second kappa shape index (κ2) is 10.9. The molecule has 1 aromatic carbocycles. The Morgan fingerprint density at radius 2 is 1.60 bits per heavy atom. The van der Waals surface area contributed by atoms with Gasteiger partial charge in [-0.2, -0.15) is 0 Å². The molecule has 0 N–H and O–H groups in total. The lowest BCUT2D eigenvalue weighted by Crippen LogP contribution is -2.07. The van der Waals surface area contributed by atoms with Gasteiger partial charge in [0, 0.05) is 18.0 Å². The van der Waals surface area contributed by atoms with E-state index in [-0.39, 0.29) is 0 Å². The van der Waals surface area contributed by atoms with Gasteiger partial charge in [-0.15, -0.1) is 0 Å². The molecule has 3 nitrogen and oxygen atoms in total. The molecule has 3 heteroatoms. The highest BCUT2D eigenvalue weighted by atomic mass is 16.5. The third-order valence-corrected chi connectivity index (χ3v) is 4.62. The SMILES string of the molecule is CCCCCCCc1cnc(-c2ccc(OCC(C)CC)cc2)nc1. The van der Waals surface area contributed by atoms with Crippen LogP contribution in [-0.2, 0) is 6.42 Å². The minimum atomic E-state index is 0.581. The van der Waals surface area contributed by atoms with Crippen LogP contribution in [0.3, 0.4) is 0 Å². The Hall–Kier alpha value is -1.90. The van der Waals surface area contributed by atoms with Crippen molar-refractivity contribution in [2.75, 3.05) is 6.61 Å². The van der Waals surface area contributed by atoms with Crippen molar-refractivity contribution in [3.8, 4) is 17.1 Å². The van der Waals surface area contributed by atoms with Crippen molar-refractivity contribution in [1.82, 2.24) is 9.97 Å². The molecule has 1 atom stereocenters. The molecular formula is C22H32N2O. The summed E-state index contributed by atoms with van der Waals surface area (Å²) in [5, 5.41) is 0. The molecule has 2 aromatic rings. The van der Waals surface area contributed by atoms with E-state index in [1.807, 2.05) is 36.7 Å². The first-order valence-corrected chi connectivity index (χ1v) is 9.77. The molecule has 1 heterocycles. The topological polar surface area (TPSA) is 35.0 Å². The molecule has 0 aliphatic rings. The fourth-order valence-corrected chi connectivity index (χ4v) is 2.62. The molecule has 0 amide bonds. The molecule has 0 spiro atoms. The number of nitrogens with zero attached hydrogens (tertiary/aromatic N) is 2. The maximum absolute atomic E-state index is 5.80. The van der Waals surface area contributed by atoms with E-state index in [1.54, 1.807) is 0 Å². The Morgan fingerprint density at radius 1 is 0.920 bits per heavy atom. The van der Waals surface area contributed by atoms with Crippen LogP contribution < -0.4 is 4.74 Å². The summed E-state index contributed by atoms with van der Waals surface area (Å²) in [4.78, 5) is 9.06. The van der Waals surface area contributed by atoms with Crippen LogP contribution in [0.2, 0.25) is 0 Å². The standard InChI is InChI=1S/C22H32N2O/c1-4-6-7-8-9-10-19-15-23-22(24-16-19)20-11-13-21(14-12-20)25-17-18(3)5-2/h11-16,18H,4-10,17H2,1-3H3. The van der Waals surface area contributed by atoms with E-state index in [0.29, 0.717) is 5.92 Å². The fourth-order valence-electron chi connectivity index (χ4n) is 2.62. The average Bonchev–Trinajstić information content (AvgIpc) is 2.67. The highest BCUT2D eigenvalue weighted by molar-refractivity contribution is 5.55. The van der Waals surface area contributed by atoms with Crippen LogP contribution in [-0.4, -0.2) is 16.6 Å². The lowest BCUT2D eigenvalue weighted by Gasteiger charge is -2.11. The first-order chi connectivity index (χ1) is 12.2. The second-order valence-electron chi connectivity index (χ2n) is 6.93. The zero-order valence-corrected chi connectivity index (χ0v) is 16.0. The lowest BCUT2D eigenvalue weighted by molar-refractivity contribution is 0.256. The van der Waals surface area contributed by atoms with Gasteiger partial charge < -0.3 is 4.74 Å². The van der Waals surface area contributed by atoms with Gasteiger partial charge in [0.25, 0.3) is 0 Å². The molecule has 0 fully saturated rings. The zero-order chi connectivity index (χ0) is 17.9. The molecule has 0 saturated carbocycles. The van der Waals surface area contributed by atoms with Crippen LogP contribution >= 0.6 is 0 Å². The van der Waals surface area contributed by atoms with Crippen molar-refractivity contribution in [1.29, 1.82) is 0 Å². The summed E-state index contributed by atoms with van der Waals surface area (Å²) < 4.78 is 5.80. The van der Waals surface area contributed by atoms with Gasteiger partial charge in [0.1, 0.15) is 5.75 Å². The summed E-state index contributed by atoms with van der Waals surface area (Å²) >= 11 is 0. The van der Waals surface area contributed by atoms with Crippen molar-refractivity contribution in [3.05, 3.63) is 42.2 Å². The van der Waals surface area contributed by atoms with E-state index in [4.69, 9.17) is 4.74 Å². The summed E-state index contributed by atoms with van der Waals surface area (Å²) in [7, 11) is 0. The number of rotatable bonds is 11. The van der Waals surface area contributed by atoms with Crippen LogP contribution in [0.25, 0.3) is 11.4 Å². The molecule has 0 aliphatic heterocycles. The number of benzene rings is 1. The Balaban J connectivity index is 1.84. The minimum absolute atomic E-state index is 0.581. The number of unbranched alkanes of at least 4 members (excludes halogenated alkanes) is 4. The van der Waals surface area contributed by atoms with Gasteiger partial charge in [0.2, 0.25) is 0 Å². The Kier molecular flexibility index (Phi) is 8.44. The van der Waals surface area contributed by atoms with Crippen molar-refractivity contribution in [3.63, 3.8) is 0 Å². The first kappa shape index (κ1) is 19.4. The number of hydrogen-bond donors (Lipinski definition) is 0. The van der Waals surface area contributed by atoms with E-state index in [0.717, 1.165) is 36.6 Å². The van der Waals surface area contributed by atoms with E-state index < -0.39 is 0 Å². The Morgan fingerprint density at radius 3 is 2.24 bits per heavy atom. The lowest BCUT2D eigenvalue weighted by atomic mass is 10.1. The average molecular weight is 341 g/mol. The van der Waals surface area contributed by atoms with Gasteiger partial charge >= 0.3 is 0 Å². The van der Waals surface area contributed by atoms with Crippen molar-refractivity contribution < 1.29 is 4.74 Å². The van der Waals surface area contributed by atoms with E-state index in [2.05, 4.69) is 30.7 Å². The number of aromatic nitrogens is 2. The number of ether oxygens (including phenoxy) is 1. The molecule has 136 valence electrons. The van der Waals surface area contributed by atoms with Crippen LogP contribution in [0.5, 0.6) is 5.75 Å². The van der Waals surface area contributed by atoms with E-state index in [9.17, 15) is 0 Å². The second-order valence-corrected chi connectivity index (χ2v) is 6.93. The fraction of sp³-hybridized carbons (Fsp3) is 0.545. The van der Waals surface area contributed by atoms with E-state index >= 15 is 0 Å². The Bertz CT molecular complexity index is 592. The zero-order valence-electron chi connectivity index (χ0n) is 16.0. The molecule has 25 heavy (non-hydrogen) atoms. The third-order valence-electron chi connectivity index (χ3n) is 4.62. The van der Waals surface area contributed by atoms with Gasteiger partial charge in [-0.05, 0) is 48.6 Å². The molecule has 1 aromatic heterocycles. The summed E-state index contributed by atoms with van der Waals surface area (Å²) in [6.45, 7) is 7.40. The number of hydrogen-bond acceptors (Lipinski definition) is 3. The quantitative estimate of drug-likeness (QED) is 0.465. The summed E-state index contributed by atoms with van der Waals surface area (Å²) in [5.74, 6) is 2.27. The molecule has 0 radical (unpaired) electrons. The summed E-state index contributed by atoms with van der Waals surface area (Å²) in [6, 6.07) is 8.07. The normalized spacial score (nSPS) is 12.1. The molecular weight excluding hydrogens is 308 g/mol. The van der Waals surface area contributed by atoms with Crippen LogP contribution in [0.1, 0.15) is 64.9 Å². The molecule has 2 rings (SSSR count). The van der Waals surface area contributed by atoms with Gasteiger partial charge in [-0.3, -0.25) is 0 Å². The summed E-state index contributed by atoms with van der Waals surface area (Å²) in [5.41, 5.74) is 2.26. The summed E-state index contributed by atoms with van der Waals surface area (Å²) in [6.07, 6.45) is 12.6. The third kappa shape index (κ3) is 6.85.